The van der Waals surface area contributed by atoms with Crippen LogP contribution in [0.2, 0.25) is 0 Å². The molecule has 6 atom stereocenters. The largest absolute Gasteiger partial charge is 0.472 e. The molecule has 528 valence electrons. The molecular formula is C70H136O17P2. The van der Waals surface area contributed by atoms with Crippen molar-refractivity contribution in [3.05, 3.63) is 0 Å². The number of esters is 4. The van der Waals surface area contributed by atoms with E-state index >= 15 is 0 Å². The number of aliphatic hydroxyl groups is 1. The summed E-state index contributed by atoms with van der Waals surface area (Å²) in [6.45, 7) is 9.48. The number of unbranched alkanes of at least 4 members (excludes halogenated alkanes) is 38. The van der Waals surface area contributed by atoms with Crippen LogP contribution in [0.4, 0.5) is 0 Å². The van der Waals surface area contributed by atoms with Crippen molar-refractivity contribution in [2.75, 3.05) is 39.6 Å². The van der Waals surface area contributed by atoms with Crippen LogP contribution in [0, 0.1) is 11.8 Å². The van der Waals surface area contributed by atoms with E-state index in [1.807, 2.05) is 0 Å². The Hall–Kier alpha value is -1.94. The normalized spacial score (nSPS) is 14.4. The molecule has 0 aromatic heterocycles. The lowest BCUT2D eigenvalue weighted by molar-refractivity contribution is -0.161. The van der Waals surface area contributed by atoms with Gasteiger partial charge in [-0.05, 0) is 37.5 Å². The fourth-order valence-electron chi connectivity index (χ4n) is 10.6. The van der Waals surface area contributed by atoms with Crippen LogP contribution in [-0.4, -0.2) is 96.7 Å². The zero-order valence-electron chi connectivity index (χ0n) is 57.7. The summed E-state index contributed by atoms with van der Waals surface area (Å²) in [5, 5.41) is 10.6. The average molecular weight is 1310 g/mol. The summed E-state index contributed by atoms with van der Waals surface area (Å²) < 4.78 is 68.2. The zero-order chi connectivity index (χ0) is 65.7. The molecule has 3 N–H and O–H groups in total. The van der Waals surface area contributed by atoms with Crippen molar-refractivity contribution >= 4 is 39.5 Å². The van der Waals surface area contributed by atoms with Crippen molar-refractivity contribution in [1.82, 2.24) is 0 Å². The fourth-order valence-corrected chi connectivity index (χ4v) is 12.1. The molecule has 0 aliphatic carbocycles. The Bertz CT molecular complexity index is 1740. The zero-order valence-corrected chi connectivity index (χ0v) is 59.5. The van der Waals surface area contributed by atoms with E-state index in [1.165, 1.54) is 173 Å². The first-order chi connectivity index (χ1) is 42.9. The van der Waals surface area contributed by atoms with Gasteiger partial charge >= 0.3 is 39.5 Å². The Morgan fingerprint density at radius 3 is 0.854 bits per heavy atom. The Balaban J connectivity index is 5.23. The molecule has 19 heteroatoms. The summed E-state index contributed by atoms with van der Waals surface area (Å²) in [5.41, 5.74) is 0. The number of phosphoric acid groups is 2. The first-order valence-corrected chi connectivity index (χ1v) is 39.5. The molecule has 0 saturated carbocycles. The number of aliphatic hydroxyl groups excluding tert-OH is 1. The van der Waals surface area contributed by atoms with Gasteiger partial charge in [0.2, 0.25) is 0 Å². The van der Waals surface area contributed by atoms with Crippen molar-refractivity contribution in [2.24, 2.45) is 11.8 Å². The van der Waals surface area contributed by atoms with Gasteiger partial charge in [-0.1, -0.05) is 305 Å². The number of ether oxygens (including phenoxy) is 4. The van der Waals surface area contributed by atoms with E-state index in [9.17, 15) is 43.2 Å². The molecular weight excluding hydrogens is 1170 g/mol. The predicted octanol–water partition coefficient (Wildman–Crippen LogP) is 20.0. The molecule has 0 aliphatic heterocycles. The van der Waals surface area contributed by atoms with E-state index in [1.54, 1.807) is 0 Å². The molecule has 0 rings (SSSR count). The Morgan fingerprint density at radius 2 is 0.573 bits per heavy atom. The topological polar surface area (TPSA) is 237 Å². The molecule has 0 saturated heterocycles. The molecule has 0 aromatic carbocycles. The number of hydrogen-bond donors (Lipinski definition) is 3. The molecule has 0 aromatic rings. The van der Waals surface area contributed by atoms with Crippen molar-refractivity contribution in [2.45, 2.75) is 374 Å². The summed E-state index contributed by atoms with van der Waals surface area (Å²) in [6.07, 6.45) is 47.2. The molecule has 89 heavy (non-hydrogen) atoms. The van der Waals surface area contributed by atoms with Crippen LogP contribution in [0.5, 0.6) is 0 Å². The monoisotopic (exact) mass is 1310 g/mol. The lowest BCUT2D eigenvalue weighted by Crippen LogP contribution is -2.30. The lowest BCUT2D eigenvalue weighted by atomic mass is 9.99. The molecule has 0 amide bonds. The predicted molar refractivity (Wildman–Crippen MR) is 358 cm³/mol. The van der Waals surface area contributed by atoms with E-state index in [4.69, 9.17) is 37.0 Å². The van der Waals surface area contributed by atoms with Gasteiger partial charge in [0.25, 0.3) is 0 Å². The minimum atomic E-state index is -4.95. The molecule has 3 unspecified atom stereocenters. The maximum atomic E-state index is 13.0. The second kappa shape index (κ2) is 62.2. The summed E-state index contributed by atoms with van der Waals surface area (Å²) in [5.74, 6) is -0.653. The average Bonchev–Trinajstić information content (AvgIpc) is 3.69. The van der Waals surface area contributed by atoms with Crippen LogP contribution in [-0.2, 0) is 65.4 Å². The number of hydrogen-bond acceptors (Lipinski definition) is 15. The molecule has 0 heterocycles. The minimum Gasteiger partial charge on any atom is -0.462 e. The molecule has 17 nitrogen and oxygen atoms in total. The fraction of sp³-hybridized carbons (Fsp3) is 0.943. The smallest absolute Gasteiger partial charge is 0.462 e. The molecule has 0 aliphatic rings. The van der Waals surface area contributed by atoms with E-state index in [0.717, 1.165) is 95.8 Å². The maximum Gasteiger partial charge on any atom is 0.472 e. The highest BCUT2D eigenvalue weighted by molar-refractivity contribution is 7.47. The number of rotatable bonds is 69. The third-order valence-corrected chi connectivity index (χ3v) is 18.5. The summed E-state index contributed by atoms with van der Waals surface area (Å²) in [6, 6.07) is 0. The van der Waals surface area contributed by atoms with Crippen LogP contribution in [0.25, 0.3) is 0 Å². The number of carbonyl (C=O) groups excluding carboxylic acids is 4. The van der Waals surface area contributed by atoms with Gasteiger partial charge in [-0.2, -0.15) is 0 Å². The van der Waals surface area contributed by atoms with Crippen LogP contribution in [0.3, 0.4) is 0 Å². The van der Waals surface area contributed by atoms with Crippen molar-refractivity contribution in [3.63, 3.8) is 0 Å². The summed E-state index contributed by atoms with van der Waals surface area (Å²) >= 11 is 0. The van der Waals surface area contributed by atoms with Crippen LogP contribution >= 0.6 is 15.6 Å². The van der Waals surface area contributed by atoms with Gasteiger partial charge < -0.3 is 33.8 Å². The Labute approximate surface area is 543 Å². The first kappa shape index (κ1) is 87.1. The second-order valence-electron chi connectivity index (χ2n) is 26.0. The van der Waals surface area contributed by atoms with Crippen LogP contribution < -0.4 is 0 Å². The molecule has 0 bridgehead atoms. The van der Waals surface area contributed by atoms with Gasteiger partial charge in [-0.25, -0.2) is 9.13 Å². The number of phosphoric ester groups is 2. The van der Waals surface area contributed by atoms with Crippen molar-refractivity contribution < 1.29 is 80.2 Å². The van der Waals surface area contributed by atoms with E-state index in [2.05, 4.69) is 41.5 Å². The third kappa shape index (κ3) is 63.2. The van der Waals surface area contributed by atoms with Gasteiger partial charge in [-0.3, -0.25) is 37.3 Å². The van der Waals surface area contributed by atoms with Crippen LogP contribution in [0.1, 0.15) is 356 Å². The van der Waals surface area contributed by atoms with E-state index in [-0.39, 0.29) is 25.7 Å². The maximum absolute atomic E-state index is 13.0. The molecule has 0 spiro atoms. The van der Waals surface area contributed by atoms with Crippen molar-refractivity contribution in [1.29, 1.82) is 0 Å². The SMILES string of the molecule is CCCCCCCCCCCCCCCCCCCC(=O)O[C@H](COC(=O)CCCCCCCCCCC(C)CC)COP(=O)(O)OC[C@@H](O)COP(=O)(O)OC[C@@H](COC(=O)CCCCCCCCCCCC)OC(=O)CCCCCCCCCC(C)C. The van der Waals surface area contributed by atoms with Crippen LogP contribution in [0.15, 0.2) is 0 Å². The van der Waals surface area contributed by atoms with Crippen molar-refractivity contribution in [3.8, 4) is 0 Å². The highest BCUT2D eigenvalue weighted by Crippen LogP contribution is 2.45. The van der Waals surface area contributed by atoms with E-state index < -0.39 is 97.5 Å². The van der Waals surface area contributed by atoms with Gasteiger partial charge in [0.15, 0.2) is 12.2 Å². The highest BCUT2D eigenvalue weighted by Gasteiger charge is 2.30. The minimum absolute atomic E-state index is 0.104. The number of carbonyl (C=O) groups is 4. The van der Waals surface area contributed by atoms with Gasteiger partial charge in [0.1, 0.15) is 19.3 Å². The van der Waals surface area contributed by atoms with Gasteiger partial charge in [0.05, 0.1) is 26.4 Å². The summed E-state index contributed by atoms with van der Waals surface area (Å²) in [7, 11) is -9.90. The van der Waals surface area contributed by atoms with Gasteiger partial charge in [-0.15, -0.1) is 0 Å². The third-order valence-electron chi connectivity index (χ3n) is 16.6. The standard InChI is InChI=1S/C70H136O17P2/c1-7-10-12-14-16-18-20-21-22-23-24-25-26-28-36-42-48-54-69(74)86-65(58-81-68(73)53-47-41-35-30-29-33-39-45-51-63(6)9-3)60-84-88(76,77)82-56-64(71)57-83-89(78,79)85-61-66(87-70(75)55-49-43-37-31-32-38-44-50-62(4)5)59-80-67(72)52-46-40-34-27-19-17-15-13-11-8-2/h62-66,71H,7-61H2,1-6H3,(H,76,77)(H,78,79)/t63?,64-,65-,66-/m1/s1. The lowest BCUT2D eigenvalue weighted by Gasteiger charge is -2.21. The molecule has 0 radical (unpaired) electrons. The van der Waals surface area contributed by atoms with Gasteiger partial charge in [0, 0.05) is 25.7 Å². The molecule has 0 fully saturated rings. The Morgan fingerprint density at radius 1 is 0.326 bits per heavy atom. The second-order valence-corrected chi connectivity index (χ2v) is 28.9. The highest BCUT2D eigenvalue weighted by atomic mass is 31.2. The first-order valence-electron chi connectivity index (χ1n) is 36.5. The quantitative estimate of drug-likeness (QED) is 0.0222. The Kier molecular flexibility index (Phi) is 60.8. The van der Waals surface area contributed by atoms with E-state index in [0.29, 0.717) is 31.6 Å². The summed E-state index contributed by atoms with van der Waals surface area (Å²) in [4.78, 5) is 72.5.